The summed E-state index contributed by atoms with van der Waals surface area (Å²) in [5.41, 5.74) is 0.432. The number of Topliss-reactive ketones (excluding diaryl/α,β-unsaturated/α-hetero) is 1. The third-order valence-electron chi connectivity index (χ3n) is 3.86. The second-order valence-electron chi connectivity index (χ2n) is 6.16. The molecule has 0 aliphatic heterocycles. The highest BCUT2D eigenvalue weighted by Gasteiger charge is 2.20. The van der Waals surface area contributed by atoms with E-state index in [9.17, 15) is 14.4 Å². The van der Waals surface area contributed by atoms with Crippen molar-refractivity contribution < 1.29 is 23.9 Å². The van der Waals surface area contributed by atoms with Crippen molar-refractivity contribution >= 4 is 39.3 Å². The number of carbonyl (C=O) groups is 3. The van der Waals surface area contributed by atoms with Gasteiger partial charge >= 0.3 is 11.9 Å². The minimum atomic E-state index is -0.446. The molecule has 156 valence electrons. The van der Waals surface area contributed by atoms with Crippen LogP contribution in [0, 0.1) is 5.92 Å². The van der Waals surface area contributed by atoms with Crippen LogP contribution in [0.15, 0.2) is 24.5 Å². The van der Waals surface area contributed by atoms with Crippen molar-refractivity contribution in [3.8, 4) is 0 Å². The topological polar surface area (TPSA) is 82.6 Å². The molecule has 0 aliphatic rings. The molecule has 1 aromatic rings. The Kier molecular flexibility index (Phi) is 13.5. The van der Waals surface area contributed by atoms with Crippen LogP contribution in [-0.2, 0) is 19.1 Å². The van der Waals surface area contributed by atoms with Gasteiger partial charge in [0.05, 0.1) is 5.56 Å². The van der Waals surface area contributed by atoms with Crippen LogP contribution in [0.4, 0.5) is 0 Å². The second kappa shape index (κ2) is 15.4. The lowest BCUT2D eigenvalue weighted by atomic mass is 9.92. The zero-order chi connectivity index (χ0) is 20.6. The van der Waals surface area contributed by atoms with Gasteiger partial charge in [0.25, 0.3) is 0 Å². The number of hydrogen-bond donors (Lipinski definition) is 0. The first-order chi connectivity index (χ1) is 13.6. The van der Waals surface area contributed by atoms with Crippen LogP contribution in [-0.4, -0.2) is 47.4 Å². The molecule has 8 heteroatoms. The van der Waals surface area contributed by atoms with Crippen molar-refractivity contribution in [3.05, 3.63) is 30.1 Å². The molecule has 0 aromatic carbocycles. The smallest absolute Gasteiger partial charge is 0.339 e. The normalized spacial score (nSPS) is 10.7. The summed E-state index contributed by atoms with van der Waals surface area (Å²) in [4.78, 5) is 39.5. The molecule has 1 rings (SSSR count). The van der Waals surface area contributed by atoms with E-state index in [2.05, 4.69) is 4.98 Å². The Balaban J connectivity index is 2.05. The lowest BCUT2D eigenvalue weighted by Crippen LogP contribution is -2.20. The number of aromatic nitrogens is 1. The summed E-state index contributed by atoms with van der Waals surface area (Å²) in [6.45, 7) is 4.66. The summed E-state index contributed by atoms with van der Waals surface area (Å²) in [7, 11) is 3.07. The Morgan fingerprint density at radius 3 is 2.25 bits per heavy atom. The molecular weight excluding hydrogens is 398 g/mol. The Bertz CT molecular complexity index is 592. The van der Waals surface area contributed by atoms with E-state index >= 15 is 0 Å². The number of nitrogens with zero attached hydrogens (tertiary/aromatic N) is 1. The van der Waals surface area contributed by atoms with Gasteiger partial charge in [-0.2, -0.15) is 0 Å². The van der Waals surface area contributed by atoms with Crippen LogP contribution in [0.5, 0.6) is 0 Å². The fourth-order valence-electron chi connectivity index (χ4n) is 2.54. The van der Waals surface area contributed by atoms with Crippen LogP contribution in [0.3, 0.4) is 0 Å². The van der Waals surface area contributed by atoms with Crippen molar-refractivity contribution in [1.29, 1.82) is 0 Å². The van der Waals surface area contributed by atoms with E-state index in [1.54, 1.807) is 18.3 Å². The largest absolute Gasteiger partial charge is 0.464 e. The molecule has 0 saturated heterocycles. The van der Waals surface area contributed by atoms with Crippen LogP contribution in [0.2, 0.25) is 0 Å². The van der Waals surface area contributed by atoms with Gasteiger partial charge < -0.3 is 9.47 Å². The van der Waals surface area contributed by atoms with Crippen molar-refractivity contribution in [2.45, 2.75) is 46.0 Å². The molecule has 0 unspecified atom stereocenters. The number of esters is 2. The summed E-state index contributed by atoms with van der Waals surface area (Å²) in [5, 5.41) is 0. The van der Waals surface area contributed by atoms with E-state index in [1.807, 2.05) is 13.8 Å². The molecule has 0 fully saturated rings. The molecular formula is C20H29NO5S2. The standard InChI is InChI=1S/C20H29NO5S2/c1-3-6-16(7-4-2)18(22)14-19(23)25-10-12-27-28-13-11-26-20(24)17-8-5-9-21-15-17/h5,8-9,15-16H,3-4,6-7,10-14H2,1-2H3. The van der Waals surface area contributed by atoms with E-state index < -0.39 is 5.97 Å². The summed E-state index contributed by atoms with van der Waals surface area (Å²) >= 11 is 0. The first-order valence-corrected chi connectivity index (χ1v) is 12.1. The molecule has 1 heterocycles. The predicted molar refractivity (Wildman–Crippen MR) is 113 cm³/mol. The maximum absolute atomic E-state index is 12.1. The number of ether oxygens (including phenoxy) is 2. The van der Waals surface area contributed by atoms with Crippen molar-refractivity contribution in [3.63, 3.8) is 0 Å². The zero-order valence-corrected chi connectivity index (χ0v) is 18.2. The van der Waals surface area contributed by atoms with E-state index in [0.717, 1.165) is 25.7 Å². The van der Waals surface area contributed by atoms with Crippen LogP contribution in [0.25, 0.3) is 0 Å². The molecule has 0 bridgehead atoms. The third-order valence-corrected chi connectivity index (χ3v) is 6.19. The molecule has 28 heavy (non-hydrogen) atoms. The average Bonchev–Trinajstić information content (AvgIpc) is 2.70. The van der Waals surface area contributed by atoms with Gasteiger partial charge in [-0.15, -0.1) is 0 Å². The van der Waals surface area contributed by atoms with Gasteiger partial charge in [0.2, 0.25) is 0 Å². The molecule has 6 nitrogen and oxygen atoms in total. The van der Waals surface area contributed by atoms with Gasteiger partial charge in [0.15, 0.2) is 0 Å². The second-order valence-corrected chi connectivity index (χ2v) is 8.86. The van der Waals surface area contributed by atoms with E-state index in [4.69, 9.17) is 9.47 Å². The Hall–Kier alpha value is -1.54. The first kappa shape index (κ1) is 24.5. The molecule has 0 radical (unpaired) electrons. The Labute approximate surface area is 174 Å². The SMILES string of the molecule is CCCC(CCC)C(=O)CC(=O)OCCSSCCOC(=O)c1cccnc1. The fourth-order valence-corrected chi connectivity index (χ4v) is 4.20. The van der Waals surface area contributed by atoms with Gasteiger partial charge in [-0.05, 0) is 25.0 Å². The molecule has 0 atom stereocenters. The van der Waals surface area contributed by atoms with Gasteiger partial charge in [-0.25, -0.2) is 4.79 Å². The Morgan fingerprint density at radius 2 is 1.68 bits per heavy atom. The minimum Gasteiger partial charge on any atom is -0.464 e. The fraction of sp³-hybridized carbons (Fsp3) is 0.600. The van der Waals surface area contributed by atoms with E-state index in [0.29, 0.717) is 23.7 Å². The summed E-state index contributed by atoms with van der Waals surface area (Å²) in [6.07, 6.45) is 6.48. The first-order valence-electron chi connectivity index (χ1n) is 9.58. The highest BCUT2D eigenvalue weighted by molar-refractivity contribution is 8.76. The molecule has 1 aromatic heterocycles. The van der Waals surface area contributed by atoms with Crippen LogP contribution >= 0.6 is 21.6 Å². The lowest BCUT2D eigenvalue weighted by molar-refractivity contribution is -0.146. The minimum absolute atomic E-state index is 0.00819. The number of pyridine rings is 1. The van der Waals surface area contributed by atoms with Gasteiger partial charge in [-0.3, -0.25) is 14.6 Å². The zero-order valence-electron chi connectivity index (χ0n) is 16.6. The molecule has 0 spiro atoms. The molecule has 0 saturated carbocycles. The maximum Gasteiger partial charge on any atom is 0.339 e. The quantitative estimate of drug-likeness (QED) is 0.177. The Morgan fingerprint density at radius 1 is 1.04 bits per heavy atom. The number of carbonyl (C=O) groups excluding carboxylic acids is 3. The highest BCUT2D eigenvalue weighted by atomic mass is 33.1. The summed E-state index contributed by atoms with van der Waals surface area (Å²) in [5.74, 6) is 0.390. The third kappa shape index (κ3) is 10.7. The number of ketones is 1. The molecule has 0 amide bonds. The summed E-state index contributed by atoms with van der Waals surface area (Å²) < 4.78 is 10.3. The average molecular weight is 428 g/mol. The maximum atomic E-state index is 12.1. The van der Waals surface area contributed by atoms with Gasteiger partial charge in [0.1, 0.15) is 25.4 Å². The van der Waals surface area contributed by atoms with Gasteiger partial charge in [-0.1, -0.05) is 48.3 Å². The summed E-state index contributed by atoms with van der Waals surface area (Å²) in [6, 6.07) is 3.34. The monoisotopic (exact) mass is 427 g/mol. The predicted octanol–water partition coefficient (Wildman–Crippen LogP) is 4.34. The molecule has 0 aliphatic carbocycles. The lowest BCUT2D eigenvalue weighted by Gasteiger charge is -2.13. The number of hydrogen-bond acceptors (Lipinski definition) is 8. The van der Waals surface area contributed by atoms with Crippen molar-refractivity contribution in [2.75, 3.05) is 24.7 Å². The molecule has 0 N–H and O–H groups in total. The van der Waals surface area contributed by atoms with Crippen LogP contribution in [0.1, 0.15) is 56.3 Å². The highest BCUT2D eigenvalue weighted by Crippen LogP contribution is 2.21. The van der Waals surface area contributed by atoms with Crippen LogP contribution < -0.4 is 0 Å². The van der Waals surface area contributed by atoms with Gasteiger partial charge in [0, 0.05) is 29.8 Å². The van der Waals surface area contributed by atoms with Crippen molar-refractivity contribution in [1.82, 2.24) is 4.98 Å². The number of rotatable bonds is 15. The van der Waals surface area contributed by atoms with E-state index in [-0.39, 0.29) is 30.7 Å². The van der Waals surface area contributed by atoms with Crippen molar-refractivity contribution in [2.24, 2.45) is 5.92 Å². The van der Waals surface area contributed by atoms with E-state index in [1.165, 1.54) is 27.8 Å².